The number of nitriles is 1. The van der Waals surface area contributed by atoms with Crippen LogP contribution >= 0.6 is 15.9 Å². The molecule has 1 aliphatic rings. The number of piperazine rings is 1. The Morgan fingerprint density at radius 3 is 2.50 bits per heavy atom. The fourth-order valence-corrected chi connectivity index (χ4v) is 1.99. The Morgan fingerprint density at radius 1 is 1.50 bits per heavy atom. The van der Waals surface area contributed by atoms with E-state index in [1.54, 1.807) is 0 Å². The SMILES string of the molecule is C=C(Br)CN1CCN(C(C)C#N)CC1. The van der Waals surface area contributed by atoms with Crippen molar-refractivity contribution in [3.05, 3.63) is 11.1 Å². The molecule has 1 heterocycles. The Hall–Kier alpha value is -0.370. The van der Waals surface area contributed by atoms with Crippen LogP contribution in [0.25, 0.3) is 0 Å². The van der Waals surface area contributed by atoms with E-state index in [1.807, 2.05) is 6.92 Å². The van der Waals surface area contributed by atoms with Crippen molar-refractivity contribution in [2.24, 2.45) is 0 Å². The molecule has 0 N–H and O–H groups in total. The van der Waals surface area contributed by atoms with Gasteiger partial charge in [-0.05, 0) is 6.92 Å². The average molecular weight is 258 g/mol. The van der Waals surface area contributed by atoms with Crippen molar-refractivity contribution in [2.75, 3.05) is 32.7 Å². The van der Waals surface area contributed by atoms with Gasteiger partial charge >= 0.3 is 0 Å². The zero-order valence-corrected chi connectivity index (χ0v) is 10.1. The highest BCUT2D eigenvalue weighted by Crippen LogP contribution is 2.09. The topological polar surface area (TPSA) is 30.3 Å². The molecule has 1 fully saturated rings. The van der Waals surface area contributed by atoms with Gasteiger partial charge in [0.2, 0.25) is 0 Å². The predicted molar refractivity (Wildman–Crippen MR) is 61.2 cm³/mol. The van der Waals surface area contributed by atoms with Crippen LogP contribution in [0.2, 0.25) is 0 Å². The minimum absolute atomic E-state index is 0.0457. The van der Waals surface area contributed by atoms with Crippen LogP contribution in [0.15, 0.2) is 11.1 Å². The highest BCUT2D eigenvalue weighted by atomic mass is 79.9. The third-order valence-corrected chi connectivity index (χ3v) is 2.79. The summed E-state index contributed by atoms with van der Waals surface area (Å²) in [5.74, 6) is 0. The summed E-state index contributed by atoms with van der Waals surface area (Å²) in [7, 11) is 0. The Balaban J connectivity index is 2.32. The summed E-state index contributed by atoms with van der Waals surface area (Å²) in [5.41, 5.74) is 0. The Labute approximate surface area is 94.1 Å². The zero-order valence-electron chi connectivity index (χ0n) is 8.54. The first-order valence-corrected chi connectivity index (χ1v) is 5.62. The molecule has 1 rings (SSSR count). The lowest BCUT2D eigenvalue weighted by Crippen LogP contribution is -2.49. The number of hydrogen-bond donors (Lipinski definition) is 0. The molecule has 14 heavy (non-hydrogen) atoms. The van der Waals surface area contributed by atoms with Crippen molar-refractivity contribution < 1.29 is 0 Å². The summed E-state index contributed by atoms with van der Waals surface area (Å²) in [5, 5.41) is 8.77. The fraction of sp³-hybridized carbons (Fsp3) is 0.700. The van der Waals surface area contributed by atoms with Crippen LogP contribution in [0.4, 0.5) is 0 Å². The normalized spacial score (nSPS) is 21.5. The van der Waals surface area contributed by atoms with E-state index < -0.39 is 0 Å². The molecule has 1 saturated heterocycles. The maximum Gasteiger partial charge on any atom is 0.0950 e. The smallest absolute Gasteiger partial charge is 0.0950 e. The molecule has 3 nitrogen and oxygen atoms in total. The van der Waals surface area contributed by atoms with Crippen molar-refractivity contribution in [1.82, 2.24) is 9.80 Å². The Bertz CT molecular complexity index is 238. The summed E-state index contributed by atoms with van der Waals surface area (Å²) >= 11 is 3.37. The van der Waals surface area contributed by atoms with Crippen LogP contribution < -0.4 is 0 Å². The largest absolute Gasteiger partial charge is 0.296 e. The molecule has 0 radical (unpaired) electrons. The summed E-state index contributed by atoms with van der Waals surface area (Å²) in [6, 6.07) is 2.32. The highest BCUT2D eigenvalue weighted by Gasteiger charge is 2.20. The van der Waals surface area contributed by atoms with Gasteiger partial charge in [-0.15, -0.1) is 0 Å². The predicted octanol–water partition coefficient (Wildman–Crippen LogP) is 1.42. The second-order valence-electron chi connectivity index (χ2n) is 3.63. The minimum Gasteiger partial charge on any atom is -0.296 e. The van der Waals surface area contributed by atoms with Gasteiger partial charge in [-0.25, -0.2) is 0 Å². The van der Waals surface area contributed by atoms with Gasteiger partial charge in [0.15, 0.2) is 0 Å². The molecule has 1 aliphatic heterocycles. The van der Waals surface area contributed by atoms with E-state index in [0.29, 0.717) is 0 Å². The van der Waals surface area contributed by atoms with Crippen LogP contribution in [0, 0.1) is 11.3 Å². The molecular weight excluding hydrogens is 242 g/mol. The van der Waals surface area contributed by atoms with Gasteiger partial charge < -0.3 is 0 Å². The van der Waals surface area contributed by atoms with Gasteiger partial charge in [-0.3, -0.25) is 9.80 Å². The number of halogens is 1. The van der Waals surface area contributed by atoms with E-state index in [-0.39, 0.29) is 6.04 Å². The summed E-state index contributed by atoms with van der Waals surface area (Å²) in [4.78, 5) is 4.56. The van der Waals surface area contributed by atoms with E-state index in [9.17, 15) is 0 Å². The highest BCUT2D eigenvalue weighted by molar-refractivity contribution is 9.11. The molecule has 78 valence electrons. The molecule has 0 aromatic rings. The van der Waals surface area contributed by atoms with Crippen molar-refractivity contribution in [1.29, 1.82) is 5.26 Å². The monoisotopic (exact) mass is 257 g/mol. The van der Waals surface area contributed by atoms with Gasteiger partial charge in [0.25, 0.3) is 0 Å². The first-order valence-electron chi connectivity index (χ1n) is 4.83. The molecular formula is C10H16BrN3. The Kier molecular flexibility index (Phi) is 4.59. The second kappa shape index (κ2) is 5.50. The minimum atomic E-state index is 0.0457. The quantitative estimate of drug-likeness (QED) is 0.767. The van der Waals surface area contributed by atoms with Crippen LogP contribution in [0.3, 0.4) is 0 Å². The first-order chi connectivity index (χ1) is 6.63. The van der Waals surface area contributed by atoms with Crippen LogP contribution in [0.1, 0.15) is 6.92 Å². The van der Waals surface area contributed by atoms with Crippen LogP contribution in [-0.2, 0) is 0 Å². The van der Waals surface area contributed by atoms with E-state index in [2.05, 4.69) is 38.4 Å². The third-order valence-electron chi connectivity index (χ3n) is 2.54. The molecule has 4 heteroatoms. The van der Waals surface area contributed by atoms with E-state index in [4.69, 9.17) is 5.26 Å². The molecule has 1 unspecified atom stereocenters. The lowest BCUT2D eigenvalue weighted by atomic mass is 10.2. The fourth-order valence-electron chi connectivity index (χ4n) is 1.63. The summed E-state index contributed by atoms with van der Waals surface area (Å²) in [6.07, 6.45) is 0. The number of rotatable bonds is 3. The van der Waals surface area contributed by atoms with Crippen molar-refractivity contribution in [2.45, 2.75) is 13.0 Å². The van der Waals surface area contributed by atoms with E-state index in [0.717, 1.165) is 37.2 Å². The first kappa shape index (κ1) is 11.7. The van der Waals surface area contributed by atoms with Gasteiger partial charge in [-0.1, -0.05) is 22.5 Å². The zero-order chi connectivity index (χ0) is 10.6. The molecule has 0 saturated carbocycles. The summed E-state index contributed by atoms with van der Waals surface area (Å²) < 4.78 is 1.03. The maximum absolute atomic E-state index is 8.77. The van der Waals surface area contributed by atoms with Crippen molar-refractivity contribution in [3.8, 4) is 6.07 Å². The van der Waals surface area contributed by atoms with Gasteiger partial charge in [0, 0.05) is 37.2 Å². The lowest BCUT2D eigenvalue weighted by Gasteiger charge is -2.35. The molecule has 0 bridgehead atoms. The standard InChI is InChI=1S/C10H16BrN3/c1-9(11)8-13-3-5-14(6-4-13)10(2)7-12/h10H,1,3-6,8H2,2H3. The lowest BCUT2D eigenvalue weighted by molar-refractivity contribution is 0.128. The molecule has 0 spiro atoms. The van der Waals surface area contributed by atoms with Crippen LogP contribution in [-0.4, -0.2) is 48.6 Å². The molecule has 0 aromatic heterocycles. The van der Waals surface area contributed by atoms with Crippen LogP contribution in [0.5, 0.6) is 0 Å². The maximum atomic E-state index is 8.77. The second-order valence-corrected chi connectivity index (χ2v) is 4.76. The number of nitrogens with zero attached hydrogens (tertiary/aromatic N) is 3. The molecule has 0 aliphatic carbocycles. The number of hydrogen-bond acceptors (Lipinski definition) is 3. The van der Waals surface area contributed by atoms with Crippen molar-refractivity contribution >= 4 is 15.9 Å². The van der Waals surface area contributed by atoms with E-state index >= 15 is 0 Å². The molecule has 0 aromatic carbocycles. The Morgan fingerprint density at radius 2 is 2.07 bits per heavy atom. The third kappa shape index (κ3) is 3.41. The van der Waals surface area contributed by atoms with Gasteiger partial charge in [0.05, 0.1) is 12.1 Å². The average Bonchev–Trinajstić information content (AvgIpc) is 2.17. The molecule has 1 atom stereocenters. The molecule has 0 amide bonds. The van der Waals surface area contributed by atoms with Gasteiger partial charge in [-0.2, -0.15) is 5.26 Å². The van der Waals surface area contributed by atoms with E-state index in [1.165, 1.54) is 0 Å². The summed E-state index contributed by atoms with van der Waals surface area (Å²) in [6.45, 7) is 10.7. The van der Waals surface area contributed by atoms with Gasteiger partial charge in [0.1, 0.15) is 0 Å². The van der Waals surface area contributed by atoms with Crippen molar-refractivity contribution in [3.63, 3.8) is 0 Å².